The summed E-state index contributed by atoms with van der Waals surface area (Å²) >= 11 is 1.45. The fourth-order valence-electron chi connectivity index (χ4n) is 2.56. The Bertz CT molecular complexity index is 966. The maximum Gasteiger partial charge on any atom is 0.338 e. The molecule has 0 bridgehead atoms. The van der Waals surface area contributed by atoms with Crippen molar-refractivity contribution >= 4 is 40.2 Å². The molecular weight excluding hydrogens is 398 g/mol. The summed E-state index contributed by atoms with van der Waals surface area (Å²) in [6, 6.07) is 14.9. The molecule has 0 unspecified atom stereocenters. The first-order valence-corrected chi connectivity index (χ1v) is 10.8. The standard InChI is InChI=1S/C23H25N3O3S/c1-3-5-14-29-22(27)18-8-10-19(11-9-18)25-21-16-30-23(26-21)24-15-17-6-12-20(13-7-17)28-4-2/h6-13,15-16,25H,3-5,14H2,1-2H3/b24-15+. The zero-order valence-electron chi connectivity index (χ0n) is 17.1. The number of carbonyl (C=O) groups is 1. The number of nitrogens with zero attached hydrogens (tertiary/aromatic N) is 2. The minimum Gasteiger partial charge on any atom is -0.494 e. The van der Waals surface area contributed by atoms with E-state index >= 15 is 0 Å². The molecule has 0 aliphatic carbocycles. The Kier molecular flexibility index (Phi) is 7.97. The molecule has 3 aromatic rings. The van der Waals surface area contributed by atoms with Crippen molar-refractivity contribution in [3.8, 4) is 5.75 Å². The van der Waals surface area contributed by atoms with Crippen molar-refractivity contribution < 1.29 is 14.3 Å². The smallest absolute Gasteiger partial charge is 0.338 e. The van der Waals surface area contributed by atoms with E-state index in [1.807, 2.05) is 48.7 Å². The highest BCUT2D eigenvalue weighted by atomic mass is 32.1. The van der Waals surface area contributed by atoms with Crippen molar-refractivity contribution in [2.75, 3.05) is 18.5 Å². The summed E-state index contributed by atoms with van der Waals surface area (Å²) in [6.07, 6.45) is 3.64. The van der Waals surface area contributed by atoms with Gasteiger partial charge in [-0.2, -0.15) is 0 Å². The topological polar surface area (TPSA) is 72.8 Å². The van der Waals surface area contributed by atoms with Gasteiger partial charge in [0, 0.05) is 17.3 Å². The molecule has 6 nitrogen and oxygen atoms in total. The van der Waals surface area contributed by atoms with E-state index in [9.17, 15) is 4.79 Å². The second kappa shape index (κ2) is 11.1. The zero-order chi connectivity index (χ0) is 21.2. The number of hydrogen-bond donors (Lipinski definition) is 1. The lowest BCUT2D eigenvalue weighted by atomic mass is 10.2. The number of unbranched alkanes of at least 4 members (excludes halogenated alkanes) is 1. The lowest BCUT2D eigenvalue weighted by Gasteiger charge is -2.06. The van der Waals surface area contributed by atoms with Crippen LogP contribution < -0.4 is 10.1 Å². The predicted molar refractivity (Wildman–Crippen MR) is 122 cm³/mol. The lowest BCUT2D eigenvalue weighted by Crippen LogP contribution is -2.06. The van der Waals surface area contributed by atoms with Gasteiger partial charge in [-0.25, -0.2) is 14.8 Å². The van der Waals surface area contributed by atoms with Gasteiger partial charge in [0.2, 0.25) is 5.13 Å². The van der Waals surface area contributed by atoms with E-state index in [1.54, 1.807) is 18.3 Å². The minimum atomic E-state index is -0.297. The van der Waals surface area contributed by atoms with Gasteiger partial charge in [0.1, 0.15) is 11.6 Å². The molecule has 0 spiro atoms. The average molecular weight is 424 g/mol. The molecule has 0 saturated heterocycles. The van der Waals surface area contributed by atoms with E-state index in [0.29, 0.717) is 29.7 Å². The highest BCUT2D eigenvalue weighted by molar-refractivity contribution is 7.13. The number of rotatable bonds is 10. The van der Waals surface area contributed by atoms with Gasteiger partial charge in [0.05, 0.1) is 18.8 Å². The second-order valence-electron chi connectivity index (χ2n) is 6.47. The fourth-order valence-corrected chi connectivity index (χ4v) is 3.15. The number of esters is 1. The Balaban J connectivity index is 1.55. The maximum absolute atomic E-state index is 12.0. The predicted octanol–water partition coefficient (Wildman–Crippen LogP) is 5.99. The molecule has 0 saturated carbocycles. The highest BCUT2D eigenvalue weighted by Gasteiger charge is 2.07. The summed E-state index contributed by atoms with van der Waals surface area (Å²) in [5, 5.41) is 5.77. The van der Waals surface area contributed by atoms with Crippen LogP contribution >= 0.6 is 11.3 Å². The van der Waals surface area contributed by atoms with E-state index < -0.39 is 0 Å². The molecule has 30 heavy (non-hydrogen) atoms. The van der Waals surface area contributed by atoms with Crippen LogP contribution in [-0.4, -0.2) is 30.4 Å². The van der Waals surface area contributed by atoms with Crippen LogP contribution in [0.25, 0.3) is 0 Å². The molecule has 0 atom stereocenters. The van der Waals surface area contributed by atoms with E-state index in [0.717, 1.165) is 29.8 Å². The van der Waals surface area contributed by atoms with Crippen LogP contribution in [0.15, 0.2) is 58.9 Å². The number of hydrogen-bond acceptors (Lipinski definition) is 7. The number of ether oxygens (including phenoxy) is 2. The third kappa shape index (κ3) is 6.42. The van der Waals surface area contributed by atoms with Gasteiger partial charge in [-0.05, 0) is 67.4 Å². The molecule has 0 amide bonds. The monoisotopic (exact) mass is 423 g/mol. The third-order valence-corrected chi connectivity index (χ3v) is 4.88. The number of anilines is 2. The van der Waals surface area contributed by atoms with Crippen molar-refractivity contribution in [1.29, 1.82) is 0 Å². The minimum absolute atomic E-state index is 0.297. The van der Waals surface area contributed by atoms with Crippen LogP contribution in [0.4, 0.5) is 16.6 Å². The zero-order valence-corrected chi connectivity index (χ0v) is 17.9. The van der Waals surface area contributed by atoms with Crippen molar-refractivity contribution in [1.82, 2.24) is 4.98 Å². The van der Waals surface area contributed by atoms with Crippen LogP contribution in [0.3, 0.4) is 0 Å². The number of carbonyl (C=O) groups excluding carboxylic acids is 1. The molecule has 2 aromatic carbocycles. The van der Waals surface area contributed by atoms with E-state index in [4.69, 9.17) is 9.47 Å². The maximum atomic E-state index is 12.0. The Morgan fingerprint density at radius 3 is 2.60 bits per heavy atom. The van der Waals surface area contributed by atoms with Gasteiger partial charge in [0.15, 0.2) is 0 Å². The number of aliphatic imine (C=N–C) groups is 1. The van der Waals surface area contributed by atoms with Crippen LogP contribution in [-0.2, 0) is 4.74 Å². The van der Waals surface area contributed by atoms with E-state index in [1.165, 1.54) is 11.3 Å². The van der Waals surface area contributed by atoms with Gasteiger partial charge in [-0.15, -0.1) is 11.3 Å². The number of thiazole rings is 1. The highest BCUT2D eigenvalue weighted by Crippen LogP contribution is 2.25. The normalized spacial score (nSPS) is 10.9. The molecule has 1 N–H and O–H groups in total. The van der Waals surface area contributed by atoms with Crippen LogP contribution in [0.5, 0.6) is 5.75 Å². The molecule has 3 rings (SSSR count). The Hall–Kier alpha value is -3.19. The van der Waals surface area contributed by atoms with Crippen molar-refractivity contribution in [3.05, 3.63) is 65.0 Å². The van der Waals surface area contributed by atoms with Gasteiger partial charge < -0.3 is 14.8 Å². The van der Waals surface area contributed by atoms with Crippen molar-refractivity contribution in [2.45, 2.75) is 26.7 Å². The van der Waals surface area contributed by atoms with Crippen molar-refractivity contribution in [2.24, 2.45) is 4.99 Å². The number of benzene rings is 2. The first-order chi connectivity index (χ1) is 14.7. The quantitative estimate of drug-likeness (QED) is 0.246. The third-order valence-electron chi connectivity index (χ3n) is 4.13. The van der Waals surface area contributed by atoms with Gasteiger partial charge in [0.25, 0.3) is 0 Å². The van der Waals surface area contributed by atoms with Crippen molar-refractivity contribution in [3.63, 3.8) is 0 Å². The summed E-state index contributed by atoms with van der Waals surface area (Å²) in [4.78, 5) is 20.9. The van der Waals surface area contributed by atoms with Crippen LogP contribution in [0, 0.1) is 0 Å². The molecule has 156 valence electrons. The van der Waals surface area contributed by atoms with Crippen LogP contribution in [0.2, 0.25) is 0 Å². The molecule has 0 aliphatic heterocycles. The molecule has 1 heterocycles. The Labute approximate surface area is 180 Å². The summed E-state index contributed by atoms with van der Waals surface area (Å²) in [7, 11) is 0. The van der Waals surface area contributed by atoms with Gasteiger partial charge in [-0.1, -0.05) is 13.3 Å². The summed E-state index contributed by atoms with van der Waals surface area (Å²) in [5.41, 5.74) is 2.35. The molecule has 1 aromatic heterocycles. The summed E-state index contributed by atoms with van der Waals surface area (Å²) < 4.78 is 10.7. The summed E-state index contributed by atoms with van der Waals surface area (Å²) in [6.45, 7) is 5.12. The largest absolute Gasteiger partial charge is 0.494 e. The summed E-state index contributed by atoms with van der Waals surface area (Å²) in [5.74, 6) is 1.25. The lowest BCUT2D eigenvalue weighted by molar-refractivity contribution is 0.0500. The number of aromatic nitrogens is 1. The Morgan fingerprint density at radius 2 is 1.90 bits per heavy atom. The SMILES string of the molecule is CCCCOC(=O)c1ccc(Nc2csc(/N=C/c3ccc(OCC)cc3)n2)cc1. The van der Waals surface area contributed by atoms with Gasteiger partial charge in [-0.3, -0.25) is 0 Å². The molecular formula is C23H25N3O3S. The fraction of sp³-hybridized carbons (Fsp3) is 0.261. The van der Waals surface area contributed by atoms with Crippen LogP contribution in [0.1, 0.15) is 42.6 Å². The molecule has 0 aliphatic rings. The second-order valence-corrected chi connectivity index (χ2v) is 7.30. The van der Waals surface area contributed by atoms with E-state index in [-0.39, 0.29) is 5.97 Å². The molecule has 0 radical (unpaired) electrons. The molecule has 7 heteroatoms. The van der Waals surface area contributed by atoms with Gasteiger partial charge >= 0.3 is 5.97 Å². The molecule has 0 fully saturated rings. The van der Waals surface area contributed by atoms with E-state index in [2.05, 4.69) is 22.2 Å². The average Bonchev–Trinajstić information content (AvgIpc) is 3.21. The Morgan fingerprint density at radius 1 is 1.13 bits per heavy atom. The first-order valence-electron chi connectivity index (χ1n) is 9.94. The number of nitrogens with one attached hydrogen (secondary N) is 1. The first kappa shape index (κ1) is 21.5.